The third-order valence-electron chi connectivity index (χ3n) is 2.09. The van der Waals surface area contributed by atoms with Crippen LogP contribution in [0.2, 0.25) is 0 Å². The summed E-state index contributed by atoms with van der Waals surface area (Å²) in [5.41, 5.74) is 0. The van der Waals surface area contributed by atoms with E-state index < -0.39 is 5.97 Å². The topological polar surface area (TPSA) is 52.4 Å². The first-order chi connectivity index (χ1) is 6.25. The molecule has 0 aliphatic carbocycles. The Kier molecular flexibility index (Phi) is 3.73. The number of aliphatic carboxylic acids is 1. The van der Waals surface area contributed by atoms with Gasteiger partial charge in [0.2, 0.25) is 0 Å². The fraction of sp³-hybridized carbons (Fsp3) is 0.778. The lowest BCUT2D eigenvalue weighted by atomic mass is 10.2. The van der Waals surface area contributed by atoms with Crippen LogP contribution < -0.4 is 5.11 Å². The van der Waals surface area contributed by atoms with E-state index in [1.165, 1.54) is 0 Å². The van der Waals surface area contributed by atoms with Crippen LogP contribution in [0.15, 0.2) is 0 Å². The molecular weight excluding hydrogens is 170 g/mol. The molecular formula is C9H15NO3. The number of hydrogen-bond acceptors (Lipinski definition) is 3. The number of hydrogen-bond donors (Lipinski definition) is 0. The minimum absolute atomic E-state index is 0.0103. The van der Waals surface area contributed by atoms with Gasteiger partial charge in [0.15, 0.2) is 19.1 Å². The van der Waals surface area contributed by atoms with Crippen LogP contribution in [0, 0.1) is 0 Å². The van der Waals surface area contributed by atoms with Gasteiger partial charge in [0.05, 0.1) is 0 Å². The number of carbonyl (C=O) groups is 1. The van der Waals surface area contributed by atoms with Crippen LogP contribution in [0.3, 0.4) is 0 Å². The highest BCUT2D eigenvalue weighted by Crippen LogP contribution is 1.99. The highest BCUT2D eigenvalue weighted by atomic mass is 16.5. The Labute approximate surface area is 77.8 Å². The minimum atomic E-state index is -1.20. The predicted octanol–water partition coefficient (Wildman–Crippen LogP) is -0.632. The SMILES string of the molecule is CCCCC[N+]1=C(C(=O)[O-])OCC1. The van der Waals surface area contributed by atoms with Crippen LogP contribution >= 0.6 is 0 Å². The molecule has 1 aliphatic heterocycles. The van der Waals surface area contributed by atoms with Crippen LogP contribution in [0.1, 0.15) is 26.2 Å². The Bertz CT molecular complexity index is 223. The van der Waals surface area contributed by atoms with Crippen molar-refractivity contribution in [2.45, 2.75) is 26.2 Å². The zero-order valence-electron chi connectivity index (χ0n) is 7.91. The lowest BCUT2D eigenvalue weighted by Crippen LogP contribution is -2.36. The number of ether oxygens (including phenoxy) is 1. The van der Waals surface area contributed by atoms with Crippen molar-refractivity contribution >= 4 is 11.9 Å². The van der Waals surface area contributed by atoms with Gasteiger partial charge < -0.3 is 14.6 Å². The molecule has 0 aromatic carbocycles. The van der Waals surface area contributed by atoms with Crippen molar-refractivity contribution < 1.29 is 19.2 Å². The zero-order valence-corrected chi connectivity index (χ0v) is 7.91. The van der Waals surface area contributed by atoms with E-state index in [1.807, 2.05) is 0 Å². The fourth-order valence-corrected chi connectivity index (χ4v) is 1.40. The van der Waals surface area contributed by atoms with E-state index in [2.05, 4.69) is 6.92 Å². The number of carbonyl (C=O) groups excluding carboxylic acids is 1. The van der Waals surface area contributed by atoms with Crippen LogP contribution in [0.25, 0.3) is 0 Å². The van der Waals surface area contributed by atoms with Gasteiger partial charge in [-0.2, -0.15) is 4.58 Å². The first kappa shape index (κ1) is 10.0. The Balaban J connectivity index is 2.45. The Morgan fingerprint density at radius 1 is 1.62 bits per heavy atom. The number of rotatable bonds is 5. The molecule has 0 fully saturated rings. The molecule has 13 heavy (non-hydrogen) atoms. The van der Waals surface area contributed by atoms with Crippen molar-refractivity contribution in [3.8, 4) is 0 Å². The molecule has 1 aliphatic rings. The van der Waals surface area contributed by atoms with Gasteiger partial charge in [-0.1, -0.05) is 13.3 Å². The molecule has 1 heterocycles. The standard InChI is InChI=1S/C9H15NO3/c1-2-3-4-5-10-6-7-13-8(10)9(11)12/h2-7H2,1H3. The summed E-state index contributed by atoms with van der Waals surface area (Å²) in [5, 5.41) is 10.5. The Morgan fingerprint density at radius 2 is 2.38 bits per heavy atom. The molecule has 4 nitrogen and oxygen atoms in total. The molecule has 0 atom stereocenters. The summed E-state index contributed by atoms with van der Waals surface area (Å²) in [6.45, 7) is 4.02. The average Bonchev–Trinajstić information content (AvgIpc) is 2.53. The summed E-state index contributed by atoms with van der Waals surface area (Å²) in [5.74, 6) is -1.19. The van der Waals surface area contributed by atoms with Crippen molar-refractivity contribution in [1.29, 1.82) is 0 Å². The maximum Gasteiger partial charge on any atom is 0.386 e. The fourth-order valence-electron chi connectivity index (χ4n) is 1.40. The summed E-state index contributed by atoms with van der Waals surface area (Å²) < 4.78 is 6.68. The second-order valence-electron chi connectivity index (χ2n) is 3.14. The summed E-state index contributed by atoms with van der Waals surface area (Å²) in [6, 6.07) is 0. The summed E-state index contributed by atoms with van der Waals surface area (Å²) >= 11 is 0. The van der Waals surface area contributed by atoms with Gasteiger partial charge in [0.25, 0.3) is 0 Å². The Hall–Kier alpha value is -1.06. The van der Waals surface area contributed by atoms with Crippen molar-refractivity contribution in [3.63, 3.8) is 0 Å². The Morgan fingerprint density at radius 3 is 3.00 bits per heavy atom. The van der Waals surface area contributed by atoms with E-state index in [0.717, 1.165) is 25.8 Å². The molecule has 0 N–H and O–H groups in total. The molecule has 0 bridgehead atoms. The van der Waals surface area contributed by atoms with E-state index in [4.69, 9.17) is 4.74 Å². The van der Waals surface area contributed by atoms with Crippen molar-refractivity contribution in [2.75, 3.05) is 19.7 Å². The third kappa shape index (κ3) is 2.72. The van der Waals surface area contributed by atoms with Crippen LogP contribution in [0.5, 0.6) is 0 Å². The molecule has 0 unspecified atom stereocenters. The molecule has 1 rings (SSSR count). The van der Waals surface area contributed by atoms with Crippen molar-refractivity contribution in [2.24, 2.45) is 0 Å². The molecule has 0 amide bonds. The number of carboxylic acid groups (broad SMARTS) is 1. The van der Waals surface area contributed by atoms with E-state index in [9.17, 15) is 9.90 Å². The van der Waals surface area contributed by atoms with Gasteiger partial charge in [-0.25, -0.2) is 0 Å². The lowest BCUT2D eigenvalue weighted by Gasteiger charge is -2.00. The quantitative estimate of drug-likeness (QED) is 0.423. The van der Waals surface area contributed by atoms with Gasteiger partial charge in [-0.15, -0.1) is 0 Å². The van der Waals surface area contributed by atoms with Gasteiger partial charge >= 0.3 is 5.90 Å². The normalized spacial score (nSPS) is 16.1. The molecule has 74 valence electrons. The monoisotopic (exact) mass is 185 g/mol. The summed E-state index contributed by atoms with van der Waals surface area (Å²) in [4.78, 5) is 10.5. The first-order valence-electron chi connectivity index (χ1n) is 4.71. The zero-order chi connectivity index (χ0) is 9.68. The van der Waals surface area contributed by atoms with Crippen molar-refractivity contribution in [3.05, 3.63) is 0 Å². The van der Waals surface area contributed by atoms with Crippen LogP contribution in [0.4, 0.5) is 0 Å². The van der Waals surface area contributed by atoms with Gasteiger partial charge in [0, 0.05) is 6.42 Å². The predicted molar refractivity (Wildman–Crippen MR) is 45.5 cm³/mol. The summed E-state index contributed by atoms with van der Waals surface area (Å²) in [6.07, 6.45) is 3.27. The van der Waals surface area contributed by atoms with Crippen LogP contribution in [-0.4, -0.2) is 36.1 Å². The maximum atomic E-state index is 10.5. The average molecular weight is 185 g/mol. The van der Waals surface area contributed by atoms with E-state index >= 15 is 0 Å². The van der Waals surface area contributed by atoms with Crippen LogP contribution in [-0.2, 0) is 9.53 Å². The molecule has 0 spiro atoms. The summed E-state index contributed by atoms with van der Waals surface area (Å²) in [7, 11) is 0. The molecule has 0 aromatic rings. The van der Waals surface area contributed by atoms with Gasteiger partial charge in [-0.05, 0) is 6.42 Å². The number of nitrogens with zero attached hydrogens (tertiary/aromatic N) is 1. The van der Waals surface area contributed by atoms with Crippen molar-refractivity contribution in [1.82, 2.24) is 0 Å². The molecule has 0 saturated heterocycles. The molecule has 0 saturated carbocycles. The smallest absolute Gasteiger partial charge is 0.386 e. The second-order valence-corrected chi connectivity index (χ2v) is 3.14. The van der Waals surface area contributed by atoms with E-state index in [0.29, 0.717) is 13.2 Å². The van der Waals surface area contributed by atoms with Gasteiger partial charge in [-0.3, -0.25) is 0 Å². The molecule has 4 heteroatoms. The highest BCUT2D eigenvalue weighted by Gasteiger charge is 2.24. The highest BCUT2D eigenvalue weighted by molar-refractivity contribution is 6.28. The van der Waals surface area contributed by atoms with Gasteiger partial charge in [0.1, 0.15) is 6.54 Å². The third-order valence-corrected chi connectivity index (χ3v) is 2.09. The number of carboxylic acids is 1. The second kappa shape index (κ2) is 4.84. The van der Waals surface area contributed by atoms with E-state index in [1.54, 1.807) is 4.58 Å². The number of unbranched alkanes of at least 4 members (excludes halogenated alkanes) is 2. The largest absolute Gasteiger partial charge is 0.537 e. The lowest BCUT2D eigenvalue weighted by molar-refractivity contribution is -0.520. The molecule has 0 radical (unpaired) electrons. The molecule has 0 aromatic heterocycles. The first-order valence-corrected chi connectivity index (χ1v) is 4.71. The van der Waals surface area contributed by atoms with E-state index in [-0.39, 0.29) is 5.90 Å². The maximum absolute atomic E-state index is 10.5. The minimum Gasteiger partial charge on any atom is -0.537 e.